The third kappa shape index (κ3) is 4.31. The molecule has 0 aliphatic carbocycles. The molecule has 23 heavy (non-hydrogen) atoms. The van der Waals surface area contributed by atoms with E-state index in [1.807, 2.05) is 30.3 Å². The fourth-order valence-corrected chi connectivity index (χ4v) is 3.65. The van der Waals surface area contributed by atoms with E-state index in [0.717, 1.165) is 5.56 Å². The molecule has 1 amide bonds. The highest BCUT2D eigenvalue weighted by Crippen LogP contribution is 2.23. The van der Waals surface area contributed by atoms with E-state index in [1.54, 1.807) is 11.9 Å². The predicted octanol–water partition coefficient (Wildman–Crippen LogP) is 1.26. The topological polar surface area (TPSA) is 66.9 Å². The van der Waals surface area contributed by atoms with Gasteiger partial charge in [0.15, 0.2) is 6.10 Å². The van der Waals surface area contributed by atoms with Gasteiger partial charge in [-0.2, -0.15) is 0 Å². The van der Waals surface area contributed by atoms with Crippen molar-refractivity contribution in [1.29, 1.82) is 0 Å². The summed E-state index contributed by atoms with van der Waals surface area (Å²) in [7, 11) is -0.0748. The van der Waals surface area contributed by atoms with Crippen molar-refractivity contribution in [3.05, 3.63) is 35.9 Å². The Morgan fingerprint density at radius 2 is 1.83 bits per heavy atom. The molecule has 0 spiro atoms. The molecule has 1 aromatic rings. The van der Waals surface area contributed by atoms with Gasteiger partial charge in [-0.05, 0) is 18.4 Å². The Morgan fingerprint density at radius 1 is 1.26 bits per heavy atom. The number of methoxy groups -OCH3 is 1. The van der Waals surface area contributed by atoms with E-state index in [4.69, 9.17) is 4.74 Å². The number of sulfonamides is 1. The molecular weight excluding hydrogens is 316 g/mol. The van der Waals surface area contributed by atoms with Crippen LogP contribution in [0.15, 0.2) is 30.3 Å². The smallest absolute Gasteiger partial charge is 0.256 e. The summed E-state index contributed by atoms with van der Waals surface area (Å²) in [6, 6.07) is 9.34. The second-order valence-electron chi connectivity index (χ2n) is 5.86. The number of likely N-dealkylation sites (tertiary alicyclic amines) is 1. The molecule has 1 aromatic carbocycles. The summed E-state index contributed by atoms with van der Waals surface area (Å²) in [6.45, 7) is 1.08. The fourth-order valence-electron chi connectivity index (χ4n) is 2.89. The van der Waals surface area contributed by atoms with Crippen LogP contribution in [0.25, 0.3) is 0 Å². The van der Waals surface area contributed by atoms with Gasteiger partial charge in [-0.15, -0.1) is 0 Å². The Hall–Kier alpha value is -1.44. The van der Waals surface area contributed by atoms with Gasteiger partial charge in [0.25, 0.3) is 5.91 Å². The van der Waals surface area contributed by atoms with Crippen molar-refractivity contribution in [2.24, 2.45) is 0 Å². The summed E-state index contributed by atoms with van der Waals surface area (Å²) >= 11 is 0. The molecule has 1 aliphatic heterocycles. The van der Waals surface area contributed by atoms with Gasteiger partial charge in [0.2, 0.25) is 10.0 Å². The van der Waals surface area contributed by atoms with Gasteiger partial charge in [-0.1, -0.05) is 30.3 Å². The first-order chi connectivity index (χ1) is 10.8. The zero-order valence-corrected chi connectivity index (χ0v) is 14.6. The molecule has 0 saturated carbocycles. The number of piperidine rings is 1. The lowest BCUT2D eigenvalue weighted by Crippen LogP contribution is -2.48. The molecule has 0 aromatic heterocycles. The molecule has 6 nitrogen and oxygen atoms in total. The number of carbonyl (C=O) groups is 1. The van der Waals surface area contributed by atoms with Crippen molar-refractivity contribution in [2.45, 2.75) is 25.0 Å². The monoisotopic (exact) mass is 340 g/mol. The third-order valence-electron chi connectivity index (χ3n) is 4.38. The molecule has 0 radical (unpaired) electrons. The lowest BCUT2D eigenvalue weighted by molar-refractivity contribution is -0.143. The lowest BCUT2D eigenvalue weighted by atomic mass is 10.0. The van der Waals surface area contributed by atoms with Crippen LogP contribution in [-0.4, -0.2) is 63.1 Å². The molecule has 1 saturated heterocycles. The Morgan fingerprint density at radius 3 is 2.30 bits per heavy atom. The molecule has 1 fully saturated rings. The van der Waals surface area contributed by atoms with Gasteiger partial charge in [0, 0.05) is 33.3 Å². The predicted molar refractivity (Wildman–Crippen MR) is 88.4 cm³/mol. The van der Waals surface area contributed by atoms with E-state index >= 15 is 0 Å². The van der Waals surface area contributed by atoms with Crippen LogP contribution in [0, 0.1) is 0 Å². The Labute approximate surface area is 138 Å². The minimum absolute atomic E-state index is 0.0493. The highest BCUT2D eigenvalue weighted by atomic mass is 32.2. The Balaban J connectivity index is 2.00. The molecule has 0 N–H and O–H groups in total. The lowest BCUT2D eigenvalue weighted by Gasteiger charge is -2.36. The summed E-state index contributed by atoms with van der Waals surface area (Å²) < 4.78 is 30.0. The Bertz CT molecular complexity index is 625. The SMILES string of the molecule is COC(C(=O)N1CCC(N(C)S(C)(=O)=O)CC1)c1ccccc1. The number of rotatable bonds is 5. The number of nitrogens with zero attached hydrogens (tertiary/aromatic N) is 2. The first-order valence-corrected chi connectivity index (χ1v) is 9.49. The molecule has 1 unspecified atom stereocenters. The molecule has 1 heterocycles. The maximum absolute atomic E-state index is 12.7. The second kappa shape index (κ2) is 7.42. The largest absolute Gasteiger partial charge is 0.367 e. The van der Waals surface area contributed by atoms with E-state index in [9.17, 15) is 13.2 Å². The van der Waals surface area contributed by atoms with Crippen LogP contribution in [0.5, 0.6) is 0 Å². The number of carbonyl (C=O) groups excluding carboxylic acids is 1. The van der Waals surface area contributed by atoms with E-state index < -0.39 is 16.1 Å². The van der Waals surface area contributed by atoms with Gasteiger partial charge in [-0.25, -0.2) is 12.7 Å². The normalized spacial score (nSPS) is 18.2. The van der Waals surface area contributed by atoms with Gasteiger partial charge >= 0.3 is 0 Å². The van der Waals surface area contributed by atoms with Crippen molar-refractivity contribution < 1.29 is 17.9 Å². The van der Waals surface area contributed by atoms with E-state index in [1.165, 1.54) is 17.7 Å². The summed E-state index contributed by atoms with van der Waals surface area (Å²) in [4.78, 5) is 14.4. The summed E-state index contributed by atoms with van der Waals surface area (Å²) in [6.07, 6.45) is 1.88. The highest BCUT2D eigenvalue weighted by molar-refractivity contribution is 7.88. The standard InChI is InChI=1S/C16H24N2O4S/c1-17(23(3,20)21)14-9-11-18(12-10-14)16(19)15(22-2)13-7-5-4-6-8-13/h4-8,14-15H,9-12H2,1-3H3. The minimum Gasteiger partial charge on any atom is -0.367 e. The van der Waals surface area contributed by atoms with Gasteiger partial charge in [0.05, 0.1) is 6.26 Å². The minimum atomic E-state index is -3.20. The molecule has 128 valence electrons. The van der Waals surface area contributed by atoms with Crippen molar-refractivity contribution in [1.82, 2.24) is 9.21 Å². The molecule has 0 bridgehead atoms. The number of hydrogen-bond acceptors (Lipinski definition) is 4. The summed E-state index contributed by atoms with van der Waals surface area (Å²) in [5.74, 6) is -0.0702. The second-order valence-corrected chi connectivity index (χ2v) is 7.90. The van der Waals surface area contributed by atoms with Crippen LogP contribution in [0.2, 0.25) is 0 Å². The molecule has 1 aliphatic rings. The first kappa shape index (κ1) is 17.9. The van der Waals surface area contributed by atoms with Gasteiger partial charge in [0.1, 0.15) is 0 Å². The number of amides is 1. The fraction of sp³-hybridized carbons (Fsp3) is 0.562. The zero-order valence-electron chi connectivity index (χ0n) is 13.8. The number of benzene rings is 1. The first-order valence-electron chi connectivity index (χ1n) is 7.64. The third-order valence-corrected chi connectivity index (χ3v) is 5.72. The molecule has 1 atom stereocenters. The van der Waals surface area contributed by atoms with Crippen LogP contribution in [0.1, 0.15) is 24.5 Å². The summed E-state index contributed by atoms with van der Waals surface area (Å²) in [5, 5.41) is 0. The van der Waals surface area contributed by atoms with Crippen molar-refractivity contribution >= 4 is 15.9 Å². The Kier molecular flexibility index (Phi) is 5.78. The quantitative estimate of drug-likeness (QED) is 0.809. The van der Waals surface area contributed by atoms with Crippen LogP contribution >= 0.6 is 0 Å². The van der Waals surface area contributed by atoms with Crippen LogP contribution < -0.4 is 0 Å². The van der Waals surface area contributed by atoms with Crippen molar-refractivity contribution in [3.63, 3.8) is 0 Å². The van der Waals surface area contributed by atoms with E-state index in [-0.39, 0.29) is 11.9 Å². The highest BCUT2D eigenvalue weighted by Gasteiger charge is 2.32. The van der Waals surface area contributed by atoms with Crippen LogP contribution in [0.3, 0.4) is 0 Å². The molecule has 7 heteroatoms. The maximum Gasteiger partial charge on any atom is 0.256 e. The van der Waals surface area contributed by atoms with Crippen molar-refractivity contribution in [2.75, 3.05) is 33.5 Å². The molecular formula is C16H24N2O4S. The van der Waals surface area contributed by atoms with Gasteiger partial charge in [-0.3, -0.25) is 4.79 Å². The average Bonchev–Trinajstić information content (AvgIpc) is 2.55. The number of hydrogen-bond donors (Lipinski definition) is 0. The van der Waals surface area contributed by atoms with Crippen LogP contribution in [-0.2, 0) is 19.6 Å². The van der Waals surface area contributed by atoms with E-state index in [2.05, 4.69) is 0 Å². The average molecular weight is 340 g/mol. The van der Waals surface area contributed by atoms with Crippen LogP contribution in [0.4, 0.5) is 0 Å². The number of ether oxygens (including phenoxy) is 1. The zero-order chi connectivity index (χ0) is 17.0. The van der Waals surface area contributed by atoms with Gasteiger partial charge < -0.3 is 9.64 Å². The maximum atomic E-state index is 12.7. The van der Waals surface area contributed by atoms with Crippen molar-refractivity contribution in [3.8, 4) is 0 Å². The van der Waals surface area contributed by atoms with E-state index in [0.29, 0.717) is 25.9 Å². The molecule has 2 rings (SSSR count). The summed E-state index contributed by atoms with van der Waals surface area (Å²) in [5.41, 5.74) is 0.829.